The molecule has 0 aliphatic heterocycles. The lowest BCUT2D eigenvalue weighted by Gasteiger charge is -2.32. The molecule has 110 valence electrons. The van der Waals surface area contributed by atoms with Gasteiger partial charge in [-0.2, -0.15) is 0 Å². The van der Waals surface area contributed by atoms with Gasteiger partial charge in [0.05, 0.1) is 12.5 Å². The number of nitrogens with zero attached hydrogens (tertiary/aromatic N) is 1. The Morgan fingerprint density at radius 3 is 2.43 bits per heavy atom. The van der Waals surface area contributed by atoms with Gasteiger partial charge in [0.25, 0.3) is 0 Å². The van der Waals surface area contributed by atoms with Gasteiger partial charge in [-0.15, -0.1) is 0 Å². The van der Waals surface area contributed by atoms with Gasteiger partial charge in [0, 0.05) is 12.2 Å². The fourth-order valence-electron chi connectivity index (χ4n) is 2.64. The summed E-state index contributed by atoms with van der Waals surface area (Å²) >= 11 is 0. The van der Waals surface area contributed by atoms with Crippen molar-refractivity contribution in [1.29, 1.82) is 0 Å². The van der Waals surface area contributed by atoms with Gasteiger partial charge in [0.1, 0.15) is 0 Å². The summed E-state index contributed by atoms with van der Waals surface area (Å²) in [6.07, 6.45) is 0.0891. The molecular weight excluding hydrogens is 262 g/mol. The van der Waals surface area contributed by atoms with Crippen molar-refractivity contribution in [3.8, 4) is 0 Å². The minimum absolute atomic E-state index is 0.0891. The Balaban J connectivity index is 2.40. The van der Waals surface area contributed by atoms with Crippen molar-refractivity contribution < 1.29 is 9.90 Å². The Morgan fingerprint density at radius 1 is 1.14 bits per heavy atom. The number of carboxylic acid groups (broad SMARTS) is 1. The van der Waals surface area contributed by atoms with Gasteiger partial charge in [-0.1, -0.05) is 42.5 Å². The van der Waals surface area contributed by atoms with Crippen LogP contribution in [0.3, 0.4) is 0 Å². The number of rotatable bonds is 6. The van der Waals surface area contributed by atoms with Crippen molar-refractivity contribution >= 4 is 11.7 Å². The SMILES string of the molecule is CCN(c1cccc(C)c1)C(CC(=O)O)c1ccccc1. The van der Waals surface area contributed by atoms with E-state index in [4.69, 9.17) is 0 Å². The van der Waals surface area contributed by atoms with E-state index < -0.39 is 5.97 Å². The molecule has 0 aromatic heterocycles. The lowest BCUT2D eigenvalue weighted by atomic mass is 10.0. The molecule has 0 saturated carbocycles. The van der Waals surface area contributed by atoms with E-state index in [1.54, 1.807) is 0 Å². The van der Waals surface area contributed by atoms with Crippen LogP contribution in [-0.4, -0.2) is 17.6 Å². The summed E-state index contributed by atoms with van der Waals surface area (Å²) in [5.41, 5.74) is 3.27. The highest BCUT2D eigenvalue weighted by Gasteiger charge is 2.22. The molecule has 0 saturated heterocycles. The summed E-state index contributed by atoms with van der Waals surface area (Å²) in [6.45, 7) is 4.86. The molecule has 3 heteroatoms. The third-order valence-electron chi connectivity index (χ3n) is 3.60. The van der Waals surface area contributed by atoms with Crippen molar-refractivity contribution in [1.82, 2.24) is 0 Å². The number of carboxylic acids is 1. The van der Waals surface area contributed by atoms with E-state index in [1.165, 1.54) is 5.56 Å². The molecule has 0 bridgehead atoms. The van der Waals surface area contributed by atoms with Crippen LogP contribution in [0.5, 0.6) is 0 Å². The first-order valence-corrected chi connectivity index (χ1v) is 7.22. The van der Waals surface area contributed by atoms with Crippen LogP contribution in [0, 0.1) is 6.92 Å². The average molecular weight is 283 g/mol. The molecule has 0 fully saturated rings. The Morgan fingerprint density at radius 2 is 1.86 bits per heavy atom. The van der Waals surface area contributed by atoms with E-state index >= 15 is 0 Å². The highest BCUT2D eigenvalue weighted by atomic mass is 16.4. The summed E-state index contributed by atoms with van der Waals surface area (Å²) in [7, 11) is 0. The number of anilines is 1. The minimum atomic E-state index is -0.782. The molecule has 3 nitrogen and oxygen atoms in total. The molecule has 21 heavy (non-hydrogen) atoms. The second-order valence-electron chi connectivity index (χ2n) is 5.15. The van der Waals surface area contributed by atoms with Crippen LogP contribution in [0.15, 0.2) is 54.6 Å². The standard InChI is InChI=1S/C18H21NO2/c1-3-19(16-11-7-8-14(2)12-16)17(13-18(20)21)15-9-5-4-6-10-15/h4-12,17H,3,13H2,1-2H3,(H,20,21). The van der Waals surface area contributed by atoms with E-state index in [-0.39, 0.29) is 12.5 Å². The number of aryl methyl sites for hydroxylation is 1. The topological polar surface area (TPSA) is 40.5 Å². The zero-order valence-electron chi connectivity index (χ0n) is 12.5. The van der Waals surface area contributed by atoms with Crippen LogP contribution in [0.25, 0.3) is 0 Å². The number of hydrogen-bond donors (Lipinski definition) is 1. The van der Waals surface area contributed by atoms with E-state index in [1.807, 2.05) is 55.5 Å². The molecule has 0 aliphatic carbocycles. The predicted octanol–water partition coefficient (Wildman–Crippen LogP) is 4.04. The third-order valence-corrected chi connectivity index (χ3v) is 3.60. The largest absolute Gasteiger partial charge is 0.481 e. The highest BCUT2D eigenvalue weighted by molar-refractivity contribution is 5.69. The minimum Gasteiger partial charge on any atom is -0.481 e. The molecule has 2 aromatic rings. The van der Waals surface area contributed by atoms with Crippen molar-refractivity contribution in [2.24, 2.45) is 0 Å². The van der Waals surface area contributed by atoms with Gasteiger partial charge >= 0.3 is 5.97 Å². The first-order chi connectivity index (χ1) is 10.1. The van der Waals surface area contributed by atoms with Crippen LogP contribution in [0.2, 0.25) is 0 Å². The third kappa shape index (κ3) is 3.85. The fraction of sp³-hybridized carbons (Fsp3) is 0.278. The monoisotopic (exact) mass is 283 g/mol. The summed E-state index contributed by atoms with van der Waals surface area (Å²) < 4.78 is 0. The van der Waals surface area contributed by atoms with Gasteiger partial charge in [0.15, 0.2) is 0 Å². The molecule has 0 aliphatic rings. The quantitative estimate of drug-likeness (QED) is 0.870. The number of benzene rings is 2. The summed E-state index contributed by atoms with van der Waals surface area (Å²) in [4.78, 5) is 13.4. The summed E-state index contributed by atoms with van der Waals surface area (Å²) in [6, 6.07) is 17.9. The highest BCUT2D eigenvalue weighted by Crippen LogP contribution is 2.30. The average Bonchev–Trinajstić information content (AvgIpc) is 2.48. The van der Waals surface area contributed by atoms with Crippen molar-refractivity contribution in [2.75, 3.05) is 11.4 Å². The lowest BCUT2D eigenvalue weighted by molar-refractivity contribution is -0.137. The van der Waals surface area contributed by atoms with Crippen LogP contribution in [-0.2, 0) is 4.79 Å². The second kappa shape index (κ2) is 6.93. The molecule has 1 atom stereocenters. The smallest absolute Gasteiger partial charge is 0.305 e. The second-order valence-corrected chi connectivity index (χ2v) is 5.15. The van der Waals surface area contributed by atoms with E-state index in [9.17, 15) is 9.90 Å². The van der Waals surface area contributed by atoms with Gasteiger partial charge in [-0.25, -0.2) is 0 Å². The van der Waals surface area contributed by atoms with Crippen LogP contribution < -0.4 is 4.90 Å². The zero-order chi connectivity index (χ0) is 15.2. The maximum atomic E-state index is 11.3. The van der Waals surface area contributed by atoms with E-state index in [2.05, 4.69) is 17.9 Å². The van der Waals surface area contributed by atoms with Crippen molar-refractivity contribution in [3.63, 3.8) is 0 Å². The lowest BCUT2D eigenvalue weighted by Crippen LogP contribution is -2.30. The predicted molar refractivity (Wildman–Crippen MR) is 85.6 cm³/mol. The van der Waals surface area contributed by atoms with Crippen LogP contribution >= 0.6 is 0 Å². The van der Waals surface area contributed by atoms with Crippen molar-refractivity contribution in [2.45, 2.75) is 26.3 Å². The van der Waals surface area contributed by atoms with Crippen molar-refractivity contribution in [3.05, 3.63) is 65.7 Å². The molecule has 1 unspecified atom stereocenters. The molecule has 0 radical (unpaired) electrons. The number of aliphatic carboxylic acids is 1. The maximum Gasteiger partial charge on any atom is 0.305 e. The number of carbonyl (C=O) groups is 1. The van der Waals surface area contributed by atoms with Gasteiger partial charge in [0.2, 0.25) is 0 Å². The maximum absolute atomic E-state index is 11.3. The first-order valence-electron chi connectivity index (χ1n) is 7.22. The Labute approximate surface area is 125 Å². The molecule has 2 rings (SSSR count). The molecule has 0 spiro atoms. The molecular formula is C18H21NO2. The Bertz CT molecular complexity index is 595. The molecule has 2 aromatic carbocycles. The fourth-order valence-corrected chi connectivity index (χ4v) is 2.64. The van der Waals surface area contributed by atoms with Crippen LogP contribution in [0.1, 0.15) is 30.5 Å². The Hall–Kier alpha value is -2.29. The van der Waals surface area contributed by atoms with E-state index in [0.717, 1.165) is 17.8 Å². The molecule has 1 N–H and O–H groups in total. The van der Waals surface area contributed by atoms with Crippen LogP contribution in [0.4, 0.5) is 5.69 Å². The zero-order valence-corrected chi connectivity index (χ0v) is 12.5. The van der Waals surface area contributed by atoms with Gasteiger partial charge in [-0.05, 0) is 37.1 Å². The van der Waals surface area contributed by atoms with Gasteiger partial charge < -0.3 is 10.0 Å². The van der Waals surface area contributed by atoms with E-state index in [0.29, 0.717) is 0 Å². The summed E-state index contributed by atoms with van der Waals surface area (Å²) in [5.74, 6) is -0.782. The van der Waals surface area contributed by atoms with Gasteiger partial charge in [-0.3, -0.25) is 4.79 Å². The number of hydrogen-bond acceptors (Lipinski definition) is 2. The summed E-state index contributed by atoms with van der Waals surface area (Å²) in [5, 5.41) is 9.26. The Kier molecular flexibility index (Phi) is 4.99. The molecule has 0 amide bonds. The first kappa shape index (κ1) is 15.1. The normalized spacial score (nSPS) is 11.9. The molecule has 0 heterocycles.